The van der Waals surface area contributed by atoms with E-state index in [0.717, 1.165) is 25.5 Å². The normalized spacial score (nSPS) is 12.5. The van der Waals surface area contributed by atoms with Crippen LogP contribution in [0.3, 0.4) is 0 Å². The highest BCUT2D eigenvalue weighted by molar-refractivity contribution is 14.0. The molecule has 0 aliphatic carbocycles. The average Bonchev–Trinajstić information content (AvgIpc) is 2.41. The van der Waals surface area contributed by atoms with Crippen LogP contribution < -0.4 is 10.6 Å². The van der Waals surface area contributed by atoms with Crippen molar-refractivity contribution in [3.05, 3.63) is 35.4 Å². The van der Waals surface area contributed by atoms with Gasteiger partial charge in [-0.2, -0.15) is 0 Å². The van der Waals surface area contributed by atoms with E-state index in [1.165, 1.54) is 11.1 Å². The van der Waals surface area contributed by atoms with Crippen LogP contribution in [0.4, 0.5) is 0 Å². The predicted molar refractivity (Wildman–Crippen MR) is 101 cm³/mol. The fourth-order valence-electron chi connectivity index (χ4n) is 1.90. The number of aliphatic imine (C=N–C) groups is 1. The zero-order chi connectivity index (χ0) is 14.8. The lowest BCUT2D eigenvalue weighted by Gasteiger charge is -2.16. The van der Waals surface area contributed by atoms with Crippen molar-refractivity contribution in [2.24, 2.45) is 4.99 Å². The molecular weight excluding hydrogens is 377 g/mol. The third-order valence-corrected chi connectivity index (χ3v) is 2.94. The smallest absolute Gasteiger partial charge is 0.191 e. The van der Waals surface area contributed by atoms with Crippen molar-refractivity contribution >= 4 is 29.9 Å². The van der Waals surface area contributed by atoms with Gasteiger partial charge in [-0.15, -0.1) is 24.0 Å². The zero-order valence-corrected chi connectivity index (χ0v) is 15.8. The van der Waals surface area contributed by atoms with Gasteiger partial charge in [0, 0.05) is 26.2 Å². The van der Waals surface area contributed by atoms with E-state index in [9.17, 15) is 0 Å². The van der Waals surface area contributed by atoms with Gasteiger partial charge in [0.25, 0.3) is 0 Å². The molecule has 0 amide bonds. The Kier molecular flexibility index (Phi) is 11.3. The Balaban J connectivity index is 0.00000400. The molecule has 0 aromatic heterocycles. The van der Waals surface area contributed by atoms with Gasteiger partial charge in [0.05, 0.1) is 6.61 Å². The maximum atomic E-state index is 5.12. The van der Waals surface area contributed by atoms with Gasteiger partial charge < -0.3 is 15.4 Å². The summed E-state index contributed by atoms with van der Waals surface area (Å²) in [5, 5.41) is 6.58. The number of nitrogens with zero attached hydrogens (tertiary/aromatic N) is 1. The minimum Gasteiger partial charge on any atom is -0.383 e. The van der Waals surface area contributed by atoms with Crippen LogP contribution in [0.25, 0.3) is 0 Å². The molecule has 0 bridgehead atoms. The van der Waals surface area contributed by atoms with Gasteiger partial charge in [-0.3, -0.25) is 4.99 Å². The first-order chi connectivity index (χ1) is 9.65. The molecule has 0 aliphatic heterocycles. The number of ether oxygens (including phenoxy) is 1. The topological polar surface area (TPSA) is 45.7 Å². The lowest BCUT2D eigenvalue weighted by atomic mass is 10.1. The highest BCUT2D eigenvalue weighted by Crippen LogP contribution is 2.03. The molecule has 1 aromatic carbocycles. The number of hydrogen-bond acceptors (Lipinski definition) is 2. The van der Waals surface area contributed by atoms with Gasteiger partial charge in [0.15, 0.2) is 5.96 Å². The van der Waals surface area contributed by atoms with Crippen LogP contribution in [0.2, 0.25) is 0 Å². The van der Waals surface area contributed by atoms with Gasteiger partial charge in [0.1, 0.15) is 0 Å². The summed E-state index contributed by atoms with van der Waals surface area (Å²) >= 11 is 0. The molecular formula is C16H28IN3O. The van der Waals surface area contributed by atoms with Crippen molar-refractivity contribution in [2.75, 3.05) is 26.8 Å². The van der Waals surface area contributed by atoms with Crippen molar-refractivity contribution in [2.45, 2.75) is 33.2 Å². The number of nitrogens with one attached hydrogen (secondary N) is 2. The molecule has 1 rings (SSSR count). The van der Waals surface area contributed by atoms with Crippen molar-refractivity contribution in [1.82, 2.24) is 10.6 Å². The van der Waals surface area contributed by atoms with E-state index in [-0.39, 0.29) is 30.0 Å². The largest absolute Gasteiger partial charge is 0.383 e. The maximum absolute atomic E-state index is 5.12. The second kappa shape index (κ2) is 11.8. The summed E-state index contributed by atoms with van der Waals surface area (Å²) in [7, 11) is 1.71. The number of guanidine groups is 1. The first-order valence-corrected chi connectivity index (χ1v) is 7.25. The van der Waals surface area contributed by atoms with E-state index in [0.29, 0.717) is 6.61 Å². The first kappa shape index (κ1) is 20.2. The standard InChI is InChI=1S/C16H27N3O.HI/c1-5-17-16(19-14(3)12-20-4)18-11-10-15-8-6-13(2)7-9-15;/h6-9,14H,5,10-12H2,1-4H3,(H2,17,18,19);1H. The number of aryl methyl sites for hydroxylation is 1. The monoisotopic (exact) mass is 405 g/mol. The van der Waals surface area contributed by atoms with Crippen molar-refractivity contribution in [3.63, 3.8) is 0 Å². The highest BCUT2D eigenvalue weighted by Gasteiger charge is 2.03. The van der Waals surface area contributed by atoms with Crippen LogP contribution in [0, 0.1) is 6.92 Å². The Morgan fingerprint density at radius 3 is 2.52 bits per heavy atom. The van der Waals surface area contributed by atoms with Gasteiger partial charge >= 0.3 is 0 Å². The molecule has 0 fully saturated rings. The van der Waals surface area contributed by atoms with Crippen LogP contribution in [-0.4, -0.2) is 38.8 Å². The minimum atomic E-state index is 0. The molecule has 0 heterocycles. The number of rotatable bonds is 7. The molecule has 0 radical (unpaired) electrons. The Hall–Kier alpha value is -0.820. The third kappa shape index (κ3) is 8.93. The third-order valence-electron chi connectivity index (χ3n) is 2.94. The minimum absolute atomic E-state index is 0. The van der Waals surface area contributed by atoms with Crippen LogP contribution >= 0.6 is 24.0 Å². The molecule has 21 heavy (non-hydrogen) atoms. The number of methoxy groups -OCH3 is 1. The van der Waals surface area contributed by atoms with E-state index < -0.39 is 0 Å². The van der Waals surface area contributed by atoms with Crippen LogP contribution in [0.1, 0.15) is 25.0 Å². The van der Waals surface area contributed by atoms with Gasteiger partial charge in [-0.25, -0.2) is 0 Å². The number of hydrogen-bond donors (Lipinski definition) is 2. The fraction of sp³-hybridized carbons (Fsp3) is 0.562. The van der Waals surface area contributed by atoms with Gasteiger partial charge in [-0.1, -0.05) is 29.8 Å². The molecule has 2 N–H and O–H groups in total. The van der Waals surface area contributed by atoms with E-state index >= 15 is 0 Å². The summed E-state index contributed by atoms with van der Waals surface area (Å²) < 4.78 is 5.12. The fourth-order valence-corrected chi connectivity index (χ4v) is 1.90. The van der Waals surface area contributed by atoms with Crippen LogP contribution in [0.15, 0.2) is 29.3 Å². The van der Waals surface area contributed by atoms with Crippen molar-refractivity contribution in [1.29, 1.82) is 0 Å². The van der Waals surface area contributed by atoms with E-state index in [1.54, 1.807) is 7.11 Å². The van der Waals surface area contributed by atoms with Crippen molar-refractivity contribution in [3.8, 4) is 0 Å². The summed E-state index contributed by atoms with van der Waals surface area (Å²) in [5.41, 5.74) is 2.61. The molecule has 1 atom stereocenters. The average molecular weight is 405 g/mol. The van der Waals surface area contributed by atoms with E-state index in [2.05, 4.69) is 60.7 Å². The van der Waals surface area contributed by atoms with E-state index in [1.807, 2.05) is 0 Å². The molecule has 120 valence electrons. The Morgan fingerprint density at radius 1 is 1.29 bits per heavy atom. The summed E-state index contributed by atoms with van der Waals surface area (Å²) in [5.74, 6) is 0.851. The SMILES string of the molecule is CCNC(=NCCc1ccc(C)cc1)NC(C)COC.I. The summed E-state index contributed by atoms with van der Waals surface area (Å²) in [6.45, 7) is 8.55. The Bertz CT molecular complexity index is 406. The Labute approximate surface area is 145 Å². The molecule has 5 heteroatoms. The molecule has 4 nitrogen and oxygen atoms in total. The molecule has 1 aromatic rings. The lowest BCUT2D eigenvalue weighted by molar-refractivity contribution is 0.179. The number of benzene rings is 1. The molecule has 0 spiro atoms. The summed E-state index contributed by atoms with van der Waals surface area (Å²) in [4.78, 5) is 4.59. The van der Waals surface area contributed by atoms with Gasteiger partial charge in [0.2, 0.25) is 0 Å². The lowest BCUT2D eigenvalue weighted by Crippen LogP contribution is -2.44. The molecule has 0 aliphatic rings. The quantitative estimate of drug-likeness (QED) is 0.417. The van der Waals surface area contributed by atoms with Crippen LogP contribution in [0.5, 0.6) is 0 Å². The number of halogens is 1. The Morgan fingerprint density at radius 2 is 1.95 bits per heavy atom. The first-order valence-electron chi connectivity index (χ1n) is 7.25. The molecule has 0 saturated carbocycles. The zero-order valence-electron chi connectivity index (χ0n) is 13.5. The summed E-state index contributed by atoms with van der Waals surface area (Å²) in [6, 6.07) is 8.86. The van der Waals surface area contributed by atoms with Crippen molar-refractivity contribution < 1.29 is 4.74 Å². The second-order valence-corrected chi connectivity index (χ2v) is 5.00. The van der Waals surface area contributed by atoms with Crippen LogP contribution in [-0.2, 0) is 11.2 Å². The molecule has 1 unspecified atom stereocenters. The second-order valence-electron chi connectivity index (χ2n) is 5.00. The predicted octanol–water partition coefficient (Wildman–Crippen LogP) is 2.75. The van der Waals surface area contributed by atoms with Gasteiger partial charge in [-0.05, 0) is 32.8 Å². The maximum Gasteiger partial charge on any atom is 0.191 e. The molecule has 0 saturated heterocycles. The van der Waals surface area contributed by atoms with E-state index in [4.69, 9.17) is 4.74 Å². The summed E-state index contributed by atoms with van der Waals surface area (Å²) in [6.07, 6.45) is 0.954. The highest BCUT2D eigenvalue weighted by atomic mass is 127.